The number of hydrogen-bond donors (Lipinski definition) is 0. The van der Waals surface area contributed by atoms with Gasteiger partial charge in [-0.3, -0.25) is 9.69 Å². The van der Waals surface area contributed by atoms with Gasteiger partial charge in [-0.15, -0.1) is 0 Å². The van der Waals surface area contributed by atoms with Gasteiger partial charge in [0.2, 0.25) is 5.91 Å². The van der Waals surface area contributed by atoms with Gasteiger partial charge in [-0.25, -0.2) is 4.39 Å². The molecule has 2 rings (SSSR count). The fourth-order valence-electron chi connectivity index (χ4n) is 3.24. The normalized spacial score (nSPS) is 19.9. The maximum Gasteiger partial charge on any atom is 0.246 e. The van der Waals surface area contributed by atoms with Crippen LogP contribution in [-0.4, -0.2) is 54.0 Å². The molecule has 1 aliphatic rings. The highest BCUT2D eigenvalue weighted by Crippen LogP contribution is 2.24. The molecule has 1 unspecified atom stereocenters. The first-order chi connectivity index (χ1) is 11.8. The average molecular weight is 348 g/mol. The first-order valence-electron chi connectivity index (χ1n) is 8.88. The quantitative estimate of drug-likeness (QED) is 0.740. The zero-order chi connectivity index (χ0) is 18.6. The van der Waals surface area contributed by atoms with Crippen molar-refractivity contribution in [3.05, 3.63) is 47.8 Å². The summed E-state index contributed by atoms with van der Waals surface area (Å²) in [7, 11) is 0. The number of amides is 1. The van der Waals surface area contributed by atoms with E-state index in [0.29, 0.717) is 18.7 Å². The topological polar surface area (TPSA) is 32.8 Å². The van der Waals surface area contributed by atoms with Crippen LogP contribution in [0.3, 0.4) is 0 Å². The number of carbonyl (C=O) groups excluding carboxylic acids is 1. The molecule has 0 N–H and O–H groups in total. The molecule has 0 radical (unpaired) electrons. The Labute approximate surface area is 150 Å². The second kappa shape index (κ2) is 8.59. The van der Waals surface area contributed by atoms with Crippen LogP contribution in [-0.2, 0) is 9.53 Å². The Morgan fingerprint density at radius 2 is 2.16 bits per heavy atom. The number of benzene rings is 1. The molecule has 1 heterocycles. The summed E-state index contributed by atoms with van der Waals surface area (Å²) in [5, 5.41) is 0. The van der Waals surface area contributed by atoms with Crippen molar-refractivity contribution in [1.29, 1.82) is 0 Å². The minimum Gasteiger partial charge on any atom is -0.370 e. The van der Waals surface area contributed by atoms with Crippen molar-refractivity contribution < 1.29 is 13.9 Å². The first kappa shape index (κ1) is 19.6. The van der Waals surface area contributed by atoms with E-state index in [-0.39, 0.29) is 30.0 Å². The van der Waals surface area contributed by atoms with Crippen molar-refractivity contribution in [2.75, 3.05) is 26.2 Å². The van der Waals surface area contributed by atoms with Gasteiger partial charge in [-0.05, 0) is 51.0 Å². The molecule has 1 fully saturated rings. The third kappa shape index (κ3) is 5.13. The number of carbonyl (C=O) groups is 1. The summed E-state index contributed by atoms with van der Waals surface area (Å²) in [4.78, 5) is 16.0. The highest BCUT2D eigenvalue weighted by molar-refractivity contribution is 5.87. The number of nitrogens with zero attached hydrogens (tertiary/aromatic N) is 2. The highest BCUT2D eigenvalue weighted by atomic mass is 19.1. The van der Waals surface area contributed by atoms with Gasteiger partial charge in [0.1, 0.15) is 5.82 Å². The molecule has 1 saturated heterocycles. The first-order valence-corrected chi connectivity index (χ1v) is 8.88. The maximum absolute atomic E-state index is 14.0. The molecule has 0 aliphatic carbocycles. The summed E-state index contributed by atoms with van der Waals surface area (Å²) < 4.78 is 20.0. The van der Waals surface area contributed by atoms with Gasteiger partial charge >= 0.3 is 0 Å². The number of halogens is 1. The fraction of sp³-hybridized carbons (Fsp3) is 0.550. The largest absolute Gasteiger partial charge is 0.370 e. The van der Waals surface area contributed by atoms with E-state index in [2.05, 4.69) is 11.5 Å². The van der Waals surface area contributed by atoms with E-state index in [4.69, 9.17) is 4.74 Å². The van der Waals surface area contributed by atoms with Crippen molar-refractivity contribution in [2.24, 2.45) is 0 Å². The van der Waals surface area contributed by atoms with Crippen molar-refractivity contribution in [3.63, 3.8) is 0 Å². The van der Waals surface area contributed by atoms with Crippen LogP contribution in [0.15, 0.2) is 30.9 Å². The molecule has 0 saturated carbocycles. The molecule has 1 aromatic rings. The molecule has 1 aromatic carbocycles. The van der Waals surface area contributed by atoms with Crippen LogP contribution in [0.5, 0.6) is 0 Å². The molecule has 4 nitrogen and oxygen atoms in total. The van der Waals surface area contributed by atoms with Crippen LogP contribution in [0.1, 0.15) is 38.0 Å². The SMILES string of the molecule is C=CC(=O)N1CCN(CC(OC(C)C)c2ccc(C)c(F)c2)C[C@H]1C. The number of hydrogen-bond acceptors (Lipinski definition) is 3. The molecular formula is C20H29FN2O2. The van der Waals surface area contributed by atoms with Crippen molar-refractivity contribution in [3.8, 4) is 0 Å². The van der Waals surface area contributed by atoms with Crippen molar-refractivity contribution in [1.82, 2.24) is 9.80 Å². The van der Waals surface area contributed by atoms with Gasteiger partial charge in [-0.1, -0.05) is 18.7 Å². The molecule has 25 heavy (non-hydrogen) atoms. The molecule has 0 bridgehead atoms. The summed E-state index contributed by atoms with van der Waals surface area (Å²) >= 11 is 0. The molecule has 1 aliphatic heterocycles. The average Bonchev–Trinajstić information content (AvgIpc) is 2.56. The molecule has 5 heteroatoms. The summed E-state index contributed by atoms with van der Waals surface area (Å²) in [5.74, 6) is -0.229. The van der Waals surface area contributed by atoms with Crippen molar-refractivity contribution >= 4 is 5.91 Å². The van der Waals surface area contributed by atoms with Gasteiger partial charge < -0.3 is 9.64 Å². The van der Waals surface area contributed by atoms with Gasteiger partial charge in [0.05, 0.1) is 12.2 Å². The number of piperazine rings is 1. The van der Waals surface area contributed by atoms with E-state index in [1.54, 1.807) is 19.1 Å². The van der Waals surface area contributed by atoms with E-state index in [1.165, 1.54) is 6.08 Å². The predicted octanol–water partition coefficient (Wildman–Crippen LogP) is 3.32. The van der Waals surface area contributed by atoms with Crippen LogP contribution >= 0.6 is 0 Å². The lowest BCUT2D eigenvalue weighted by Gasteiger charge is -2.40. The monoisotopic (exact) mass is 348 g/mol. The lowest BCUT2D eigenvalue weighted by molar-refractivity contribution is -0.130. The molecular weight excluding hydrogens is 319 g/mol. The van der Waals surface area contributed by atoms with Crippen LogP contribution < -0.4 is 0 Å². The summed E-state index contributed by atoms with van der Waals surface area (Å²) in [6, 6.07) is 5.43. The Bertz CT molecular complexity index is 618. The Morgan fingerprint density at radius 3 is 2.72 bits per heavy atom. The number of aryl methyl sites for hydroxylation is 1. The Kier molecular flexibility index (Phi) is 6.73. The molecule has 2 atom stereocenters. The third-order valence-corrected chi connectivity index (χ3v) is 4.60. The standard InChI is InChI=1S/C20H29FN2O2/c1-6-20(24)23-10-9-22(12-16(23)5)13-19(25-14(2)3)17-8-7-15(4)18(21)11-17/h6-8,11,14,16,19H,1,9-10,12-13H2,2-5H3/t16-,19?/m1/s1. The van der Waals surface area contributed by atoms with Crippen LogP contribution in [0.2, 0.25) is 0 Å². The molecule has 1 amide bonds. The lowest BCUT2D eigenvalue weighted by atomic mass is 10.0. The summed E-state index contributed by atoms with van der Waals surface area (Å²) in [6.45, 7) is 14.2. The number of rotatable bonds is 6. The molecule has 0 spiro atoms. The molecule has 0 aromatic heterocycles. The highest BCUT2D eigenvalue weighted by Gasteiger charge is 2.28. The van der Waals surface area contributed by atoms with E-state index >= 15 is 0 Å². The minimum absolute atomic E-state index is 0.0252. The zero-order valence-corrected chi connectivity index (χ0v) is 15.7. The fourth-order valence-corrected chi connectivity index (χ4v) is 3.24. The second-order valence-electron chi connectivity index (χ2n) is 7.03. The van der Waals surface area contributed by atoms with E-state index in [0.717, 1.165) is 18.7 Å². The minimum atomic E-state index is -0.204. The molecule has 138 valence electrons. The van der Waals surface area contributed by atoms with Gasteiger partial charge in [0.15, 0.2) is 0 Å². The van der Waals surface area contributed by atoms with E-state index in [1.807, 2.05) is 31.7 Å². The zero-order valence-electron chi connectivity index (χ0n) is 15.7. The van der Waals surface area contributed by atoms with E-state index < -0.39 is 0 Å². The van der Waals surface area contributed by atoms with Crippen LogP contribution in [0, 0.1) is 12.7 Å². The Hall–Kier alpha value is -1.72. The van der Waals surface area contributed by atoms with Crippen molar-refractivity contribution in [2.45, 2.75) is 45.9 Å². The van der Waals surface area contributed by atoms with Crippen LogP contribution in [0.4, 0.5) is 4.39 Å². The van der Waals surface area contributed by atoms with Gasteiger partial charge in [0.25, 0.3) is 0 Å². The Morgan fingerprint density at radius 1 is 1.44 bits per heavy atom. The summed E-state index contributed by atoms with van der Waals surface area (Å²) in [6.07, 6.45) is 1.23. The smallest absolute Gasteiger partial charge is 0.246 e. The van der Waals surface area contributed by atoms with Gasteiger partial charge in [0, 0.05) is 32.2 Å². The maximum atomic E-state index is 14.0. The van der Waals surface area contributed by atoms with E-state index in [9.17, 15) is 9.18 Å². The lowest BCUT2D eigenvalue weighted by Crippen LogP contribution is -2.54. The predicted molar refractivity (Wildman–Crippen MR) is 97.9 cm³/mol. The Balaban J connectivity index is 2.08. The van der Waals surface area contributed by atoms with Crippen LogP contribution in [0.25, 0.3) is 0 Å². The number of ether oxygens (including phenoxy) is 1. The third-order valence-electron chi connectivity index (χ3n) is 4.60. The summed E-state index contributed by atoms with van der Waals surface area (Å²) in [5.41, 5.74) is 1.49. The second-order valence-corrected chi connectivity index (χ2v) is 7.03. The van der Waals surface area contributed by atoms with Gasteiger partial charge in [-0.2, -0.15) is 0 Å².